The van der Waals surface area contributed by atoms with Gasteiger partial charge in [-0.3, -0.25) is 0 Å². The Balaban J connectivity index is 2.53. The maximum absolute atomic E-state index is 9.99. The summed E-state index contributed by atoms with van der Waals surface area (Å²) in [7, 11) is 0. The fourth-order valence-corrected chi connectivity index (χ4v) is 1.96. The van der Waals surface area contributed by atoms with Gasteiger partial charge in [0.25, 0.3) is 0 Å². The molecule has 0 amide bonds. The molecule has 1 aromatic rings. The highest BCUT2D eigenvalue weighted by atomic mass is 16.3. The van der Waals surface area contributed by atoms with Gasteiger partial charge < -0.3 is 10.4 Å². The third-order valence-electron chi connectivity index (χ3n) is 2.62. The van der Waals surface area contributed by atoms with E-state index < -0.39 is 0 Å². The highest BCUT2D eigenvalue weighted by Crippen LogP contribution is 2.11. The Morgan fingerprint density at radius 1 is 1.12 bits per heavy atom. The summed E-state index contributed by atoms with van der Waals surface area (Å²) in [6.07, 6.45) is 0.390. The Bertz CT molecular complexity index is 345. The molecule has 0 fully saturated rings. The van der Waals surface area contributed by atoms with Gasteiger partial charge in [0, 0.05) is 12.1 Å². The van der Waals surface area contributed by atoms with E-state index in [1.807, 2.05) is 0 Å². The van der Waals surface area contributed by atoms with Gasteiger partial charge in [0.05, 0.1) is 6.10 Å². The van der Waals surface area contributed by atoms with Crippen LogP contribution in [0, 0.1) is 13.8 Å². The van der Waals surface area contributed by atoms with E-state index in [1.165, 1.54) is 16.7 Å². The summed E-state index contributed by atoms with van der Waals surface area (Å²) in [4.78, 5) is 0. The monoisotopic (exact) mass is 235 g/mol. The second-order valence-electron chi connectivity index (χ2n) is 5.98. The molecule has 1 unspecified atom stereocenters. The van der Waals surface area contributed by atoms with Crippen LogP contribution in [0.4, 0.5) is 0 Å². The zero-order valence-corrected chi connectivity index (χ0v) is 11.7. The number of hydrogen-bond acceptors (Lipinski definition) is 2. The first kappa shape index (κ1) is 14.2. The van der Waals surface area contributed by atoms with E-state index in [9.17, 15) is 5.11 Å². The van der Waals surface area contributed by atoms with Crippen LogP contribution in [0.1, 0.15) is 37.5 Å². The molecule has 2 heteroatoms. The van der Waals surface area contributed by atoms with Crippen molar-refractivity contribution in [2.24, 2.45) is 0 Å². The summed E-state index contributed by atoms with van der Waals surface area (Å²) in [5.74, 6) is 0. The summed E-state index contributed by atoms with van der Waals surface area (Å²) < 4.78 is 0. The van der Waals surface area contributed by atoms with Crippen LogP contribution in [-0.2, 0) is 6.42 Å². The molecule has 96 valence electrons. The van der Waals surface area contributed by atoms with E-state index in [1.54, 1.807) is 0 Å². The minimum Gasteiger partial charge on any atom is -0.391 e. The third kappa shape index (κ3) is 5.85. The fourth-order valence-electron chi connectivity index (χ4n) is 1.96. The molecule has 0 aliphatic rings. The number of aryl methyl sites for hydroxylation is 2. The van der Waals surface area contributed by atoms with Gasteiger partial charge in [-0.25, -0.2) is 0 Å². The molecule has 1 rings (SSSR count). The average Bonchev–Trinajstić information content (AvgIpc) is 2.11. The molecule has 0 spiro atoms. The maximum Gasteiger partial charge on any atom is 0.0705 e. The minimum absolute atomic E-state index is 0.0590. The predicted octanol–water partition coefficient (Wildman–Crippen LogP) is 2.59. The zero-order chi connectivity index (χ0) is 13.1. The van der Waals surface area contributed by atoms with E-state index >= 15 is 0 Å². The third-order valence-corrected chi connectivity index (χ3v) is 2.62. The first-order valence-corrected chi connectivity index (χ1v) is 6.26. The first-order chi connectivity index (χ1) is 7.76. The lowest BCUT2D eigenvalue weighted by Gasteiger charge is -2.23. The molecule has 0 radical (unpaired) electrons. The van der Waals surface area contributed by atoms with Crippen molar-refractivity contribution in [1.82, 2.24) is 5.32 Å². The molecule has 1 aromatic carbocycles. The lowest BCUT2D eigenvalue weighted by molar-refractivity contribution is 0.161. The van der Waals surface area contributed by atoms with Gasteiger partial charge in [-0.05, 0) is 46.6 Å². The molecule has 0 aromatic heterocycles. The van der Waals surface area contributed by atoms with Crippen molar-refractivity contribution in [1.29, 1.82) is 0 Å². The molecule has 0 aliphatic carbocycles. The number of benzene rings is 1. The zero-order valence-electron chi connectivity index (χ0n) is 11.7. The summed E-state index contributed by atoms with van der Waals surface area (Å²) in [5.41, 5.74) is 3.79. The predicted molar refractivity (Wildman–Crippen MR) is 73.4 cm³/mol. The van der Waals surface area contributed by atoms with Gasteiger partial charge in [-0.15, -0.1) is 0 Å². The molecular formula is C15H25NO. The molecule has 0 heterocycles. The number of rotatable bonds is 4. The van der Waals surface area contributed by atoms with Crippen molar-refractivity contribution in [3.05, 3.63) is 34.9 Å². The largest absolute Gasteiger partial charge is 0.391 e. The highest BCUT2D eigenvalue weighted by molar-refractivity contribution is 5.28. The lowest BCUT2D eigenvalue weighted by Crippen LogP contribution is -2.41. The van der Waals surface area contributed by atoms with Crippen LogP contribution in [0.25, 0.3) is 0 Å². The van der Waals surface area contributed by atoms with Crippen LogP contribution in [0.3, 0.4) is 0 Å². The quantitative estimate of drug-likeness (QED) is 0.841. The standard InChI is InChI=1S/C15H25NO/c1-11-6-12(2)8-13(7-11)9-14(17)10-16-15(3,4)5/h6-8,14,16-17H,9-10H2,1-5H3. The summed E-state index contributed by atoms with van der Waals surface area (Å²) in [5, 5.41) is 13.3. The van der Waals surface area contributed by atoms with Crippen LogP contribution in [-0.4, -0.2) is 23.3 Å². The topological polar surface area (TPSA) is 32.3 Å². The van der Waals surface area contributed by atoms with E-state index in [2.05, 4.69) is 58.1 Å². The summed E-state index contributed by atoms with van der Waals surface area (Å²) in [6, 6.07) is 6.45. The maximum atomic E-state index is 9.99. The number of β-amino-alcohol motifs (C(OH)–C–C–N with tert-alkyl or cyclic N) is 1. The molecule has 0 saturated carbocycles. The Kier molecular flexibility index (Phi) is 4.72. The Hall–Kier alpha value is -0.860. The Morgan fingerprint density at radius 3 is 2.12 bits per heavy atom. The molecule has 0 saturated heterocycles. The fraction of sp³-hybridized carbons (Fsp3) is 0.600. The van der Waals surface area contributed by atoms with E-state index in [4.69, 9.17) is 0 Å². The molecule has 2 nitrogen and oxygen atoms in total. The number of aliphatic hydroxyl groups excluding tert-OH is 1. The first-order valence-electron chi connectivity index (χ1n) is 6.26. The van der Waals surface area contributed by atoms with Crippen molar-refractivity contribution in [3.63, 3.8) is 0 Å². The van der Waals surface area contributed by atoms with Crippen LogP contribution >= 0.6 is 0 Å². The average molecular weight is 235 g/mol. The number of aliphatic hydroxyl groups is 1. The molecule has 0 aliphatic heterocycles. The Morgan fingerprint density at radius 2 is 1.65 bits per heavy atom. The second-order valence-corrected chi connectivity index (χ2v) is 5.98. The van der Waals surface area contributed by atoms with Crippen molar-refractivity contribution >= 4 is 0 Å². The van der Waals surface area contributed by atoms with Gasteiger partial charge >= 0.3 is 0 Å². The van der Waals surface area contributed by atoms with Crippen LogP contribution in [0.5, 0.6) is 0 Å². The molecule has 2 N–H and O–H groups in total. The minimum atomic E-state index is -0.324. The molecule has 0 bridgehead atoms. The molecule has 1 atom stereocenters. The summed E-state index contributed by atoms with van der Waals surface area (Å²) in [6.45, 7) is 11.1. The molecular weight excluding hydrogens is 210 g/mol. The number of hydrogen-bond donors (Lipinski definition) is 2. The van der Waals surface area contributed by atoms with Crippen molar-refractivity contribution in [2.75, 3.05) is 6.54 Å². The molecule has 17 heavy (non-hydrogen) atoms. The van der Waals surface area contributed by atoms with Gasteiger partial charge in [-0.2, -0.15) is 0 Å². The van der Waals surface area contributed by atoms with Gasteiger partial charge in [0.1, 0.15) is 0 Å². The van der Waals surface area contributed by atoms with Crippen LogP contribution in [0.15, 0.2) is 18.2 Å². The number of nitrogens with one attached hydrogen (secondary N) is 1. The smallest absolute Gasteiger partial charge is 0.0705 e. The van der Waals surface area contributed by atoms with Gasteiger partial charge in [0.15, 0.2) is 0 Å². The van der Waals surface area contributed by atoms with Crippen LogP contribution in [0.2, 0.25) is 0 Å². The normalized spacial score (nSPS) is 13.8. The lowest BCUT2D eigenvalue weighted by atomic mass is 10.0. The van der Waals surface area contributed by atoms with Crippen molar-refractivity contribution in [2.45, 2.75) is 52.7 Å². The van der Waals surface area contributed by atoms with Gasteiger partial charge in [0.2, 0.25) is 0 Å². The summed E-state index contributed by atoms with van der Waals surface area (Å²) >= 11 is 0. The van der Waals surface area contributed by atoms with E-state index in [0.717, 1.165) is 0 Å². The van der Waals surface area contributed by atoms with Gasteiger partial charge in [-0.1, -0.05) is 29.3 Å². The highest BCUT2D eigenvalue weighted by Gasteiger charge is 2.12. The van der Waals surface area contributed by atoms with E-state index in [0.29, 0.717) is 13.0 Å². The Labute approximate surface area is 105 Å². The second kappa shape index (κ2) is 5.65. The van der Waals surface area contributed by atoms with Crippen LogP contribution < -0.4 is 5.32 Å². The van der Waals surface area contributed by atoms with E-state index in [-0.39, 0.29) is 11.6 Å². The van der Waals surface area contributed by atoms with Crippen molar-refractivity contribution < 1.29 is 5.11 Å². The SMILES string of the molecule is Cc1cc(C)cc(CC(O)CNC(C)(C)C)c1. The van der Waals surface area contributed by atoms with Crippen molar-refractivity contribution in [3.8, 4) is 0 Å².